The second-order valence-corrected chi connectivity index (χ2v) is 4.51. The van der Waals surface area contributed by atoms with Gasteiger partial charge in [-0.3, -0.25) is 10.1 Å². The summed E-state index contributed by atoms with van der Waals surface area (Å²) in [4.78, 5) is 14.5. The van der Waals surface area contributed by atoms with Crippen molar-refractivity contribution < 1.29 is 9.66 Å². The zero-order chi connectivity index (χ0) is 13.8. The van der Waals surface area contributed by atoms with Crippen LogP contribution in [0.2, 0.25) is 0 Å². The number of hydrogen-bond acceptors (Lipinski definition) is 4. The van der Waals surface area contributed by atoms with Crippen molar-refractivity contribution in [3.8, 4) is 11.6 Å². The Kier molecular flexibility index (Phi) is 4.11. The molecule has 98 valence electrons. The molecular formula is C13H11BrN2O3. The summed E-state index contributed by atoms with van der Waals surface area (Å²) >= 11 is 3.33. The van der Waals surface area contributed by atoms with Gasteiger partial charge in [-0.2, -0.15) is 0 Å². The summed E-state index contributed by atoms with van der Waals surface area (Å²) < 4.78 is 5.49. The molecular weight excluding hydrogens is 312 g/mol. The molecule has 2 aromatic rings. The standard InChI is InChI=1S/C13H11BrN2O3/c1-9-2-4-11(6-12(9)16(17)18)19-13-5-3-10(7-14)8-15-13/h2-6,8H,7H2,1H3. The minimum absolute atomic E-state index is 0.0366. The van der Waals surface area contributed by atoms with Gasteiger partial charge in [0.15, 0.2) is 0 Å². The monoisotopic (exact) mass is 322 g/mol. The second kappa shape index (κ2) is 5.79. The molecule has 0 aliphatic rings. The SMILES string of the molecule is Cc1ccc(Oc2ccc(CBr)cn2)cc1[N+](=O)[O-]. The number of halogens is 1. The van der Waals surface area contributed by atoms with Gasteiger partial charge in [-0.05, 0) is 24.6 Å². The van der Waals surface area contributed by atoms with Gasteiger partial charge in [-0.1, -0.05) is 22.0 Å². The lowest BCUT2D eigenvalue weighted by atomic mass is 10.2. The van der Waals surface area contributed by atoms with E-state index in [1.54, 1.807) is 31.3 Å². The molecule has 0 fully saturated rings. The van der Waals surface area contributed by atoms with Crippen molar-refractivity contribution in [1.82, 2.24) is 4.98 Å². The highest BCUT2D eigenvalue weighted by atomic mass is 79.9. The summed E-state index contributed by atoms with van der Waals surface area (Å²) in [6, 6.07) is 8.33. The van der Waals surface area contributed by atoms with Gasteiger partial charge in [0.2, 0.25) is 5.88 Å². The van der Waals surface area contributed by atoms with Crippen LogP contribution < -0.4 is 4.74 Å². The van der Waals surface area contributed by atoms with Crippen LogP contribution in [0.5, 0.6) is 11.6 Å². The van der Waals surface area contributed by atoms with E-state index in [-0.39, 0.29) is 5.69 Å². The van der Waals surface area contributed by atoms with Crippen molar-refractivity contribution in [2.75, 3.05) is 0 Å². The van der Waals surface area contributed by atoms with Gasteiger partial charge in [0.05, 0.1) is 11.0 Å². The van der Waals surface area contributed by atoms with Crippen molar-refractivity contribution >= 4 is 21.6 Å². The lowest BCUT2D eigenvalue weighted by Gasteiger charge is -2.06. The first-order valence-corrected chi connectivity index (χ1v) is 6.66. The number of aromatic nitrogens is 1. The Morgan fingerprint density at radius 3 is 2.74 bits per heavy atom. The van der Waals surface area contributed by atoms with Crippen molar-refractivity contribution in [2.24, 2.45) is 0 Å². The first-order valence-electron chi connectivity index (χ1n) is 5.54. The molecule has 0 bridgehead atoms. The fourth-order valence-corrected chi connectivity index (χ4v) is 1.85. The number of alkyl halides is 1. The lowest BCUT2D eigenvalue weighted by Crippen LogP contribution is -1.94. The van der Waals surface area contributed by atoms with Gasteiger partial charge in [0.1, 0.15) is 5.75 Å². The molecule has 5 nitrogen and oxygen atoms in total. The van der Waals surface area contributed by atoms with Crippen LogP contribution in [0.15, 0.2) is 36.5 Å². The van der Waals surface area contributed by atoms with Gasteiger partial charge >= 0.3 is 0 Å². The molecule has 6 heteroatoms. The molecule has 0 aliphatic carbocycles. The highest BCUT2D eigenvalue weighted by Gasteiger charge is 2.12. The Labute approximate surface area is 118 Å². The zero-order valence-corrected chi connectivity index (χ0v) is 11.8. The summed E-state index contributed by atoms with van der Waals surface area (Å²) in [5.74, 6) is 0.805. The molecule has 0 aliphatic heterocycles. The average molecular weight is 323 g/mol. The Morgan fingerprint density at radius 1 is 1.37 bits per heavy atom. The van der Waals surface area contributed by atoms with E-state index in [1.807, 2.05) is 6.07 Å². The van der Waals surface area contributed by atoms with Crippen LogP contribution in [-0.2, 0) is 5.33 Å². The maximum Gasteiger partial charge on any atom is 0.276 e. The number of aryl methyl sites for hydroxylation is 1. The van der Waals surface area contributed by atoms with Crippen LogP contribution in [-0.4, -0.2) is 9.91 Å². The van der Waals surface area contributed by atoms with Crippen LogP contribution in [0.1, 0.15) is 11.1 Å². The molecule has 1 aromatic carbocycles. The number of ether oxygens (including phenoxy) is 1. The summed E-state index contributed by atoms with van der Waals surface area (Å²) in [6.07, 6.45) is 1.69. The normalized spacial score (nSPS) is 10.2. The number of nitrogens with zero attached hydrogens (tertiary/aromatic N) is 2. The van der Waals surface area contributed by atoms with E-state index in [0.717, 1.165) is 10.9 Å². The van der Waals surface area contributed by atoms with Crippen LogP contribution >= 0.6 is 15.9 Å². The predicted molar refractivity (Wildman–Crippen MR) is 74.8 cm³/mol. The zero-order valence-electron chi connectivity index (χ0n) is 10.2. The van der Waals surface area contributed by atoms with E-state index in [4.69, 9.17) is 4.74 Å². The molecule has 0 atom stereocenters. The Hall–Kier alpha value is -1.95. The molecule has 19 heavy (non-hydrogen) atoms. The van der Waals surface area contributed by atoms with Gasteiger partial charge in [0, 0.05) is 23.2 Å². The molecule has 0 radical (unpaired) electrons. The molecule has 0 N–H and O–H groups in total. The third-order valence-corrected chi connectivity index (χ3v) is 3.20. The van der Waals surface area contributed by atoms with Gasteiger partial charge < -0.3 is 4.74 Å². The number of pyridine rings is 1. The largest absolute Gasteiger partial charge is 0.439 e. The molecule has 0 unspecified atom stereocenters. The molecule has 1 heterocycles. The number of benzene rings is 1. The maximum atomic E-state index is 10.8. The lowest BCUT2D eigenvalue weighted by molar-refractivity contribution is -0.385. The number of hydrogen-bond donors (Lipinski definition) is 0. The average Bonchev–Trinajstić information content (AvgIpc) is 2.41. The summed E-state index contributed by atoms with van der Waals surface area (Å²) in [7, 11) is 0. The Balaban J connectivity index is 2.22. The fraction of sp³-hybridized carbons (Fsp3) is 0.154. The van der Waals surface area contributed by atoms with E-state index < -0.39 is 4.92 Å². The predicted octanol–water partition coefficient (Wildman–Crippen LogP) is 3.99. The number of nitro groups is 1. The van der Waals surface area contributed by atoms with Gasteiger partial charge in [-0.25, -0.2) is 4.98 Å². The third kappa shape index (κ3) is 3.29. The summed E-state index contributed by atoms with van der Waals surface area (Å²) in [6.45, 7) is 1.69. The minimum Gasteiger partial charge on any atom is -0.439 e. The van der Waals surface area contributed by atoms with E-state index in [0.29, 0.717) is 17.2 Å². The van der Waals surface area contributed by atoms with Gasteiger partial charge in [-0.15, -0.1) is 0 Å². The molecule has 0 spiro atoms. The van der Waals surface area contributed by atoms with E-state index in [1.165, 1.54) is 6.07 Å². The molecule has 0 amide bonds. The highest BCUT2D eigenvalue weighted by molar-refractivity contribution is 9.08. The van der Waals surface area contributed by atoms with E-state index in [9.17, 15) is 10.1 Å². The van der Waals surface area contributed by atoms with Crippen molar-refractivity contribution in [1.29, 1.82) is 0 Å². The van der Waals surface area contributed by atoms with E-state index >= 15 is 0 Å². The molecule has 0 saturated heterocycles. The second-order valence-electron chi connectivity index (χ2n) is 3.95. The van der Waals surface area contributed by atoms with Gasteiger partial charge in [0.25, 0.3) is 5.69 Å². The first kappa shape index (κ1) is 13.5. The molecule has 0 saturated carbocycles. The van der Waals surface area contributed by atoms with Crippen LogP contribution in [0.3, 0.4) is 0 Å². The minimum atomic E-state index is -0.427. The fourth-order valence-electron chi connectivity index (χ4n) is 1.52. The van der Waals surface area contributed by atoms with Crippen LogP contribution in [0, 0.1) is 17.0 Å². The Morgan fingerprint density at radius 2 is 2.16 bits per heavy atom. The van der Waals surface area contributed by atoms with Crippen molar-refractivity contribution in [3.05, 3.63) is 57.8 Å². The summed E-state index contributed by atoms with van der Waals surface area (Å²) in [5.41, 5.74) is 1.66. The number of rotatable bonds is 4. The topological polar surface area (TPSA) is 65.3 Å². The molecule has 1 aromatic heterocycles. The van der Waals surface area contributed by atoms with Crippen molar-refractivity contribution in [3.63, 3.8) is 0 Å². The molecule has 2 rings (SSSR count). The number of nitro benzene ring substituents is 1. The van der Waals surface area contributed by atoms with Crippen LogP contribution in [0.25, 0.3) is 0 Å². The van der Waals surface area contributed by atoms with Crippen molar-refractivity contribution in [2.45, 2.75) is 12.3 Å². The smallest absolute Gasteiger partial charge is 0.276 e. The Bertz CT molecular complexity index is 599. The van der Waals surface area contributed by atoms with E-state index in [2.05, 4.69) is 20.9 Å². The first-order chi connectivity index (χ1) is 9.10. The summed E-state index contributed by atoms with van der Waals surface area (Å²) in [5, 5.41) is 11.6. The third-order valence-electron chi connectivity index (χ3n) is 2.55. The highest BCUT2D eigenvalue weighted by Crippen LogP contribution is 2.27. The quantitative estimate of drug-likeness (QED) is 0.485. The maximum absolute atomic E-state index is 10.8. The van der Waals surface area contributed by atoms with Crippen LogP contribution in [0.4, 0.5) is 5.69 Å².